The van der Waals surface area contributed by atoms with Crippen LogP contribution in [-0.4, -0.2) is 70.0 Å². The predicted octanol–water partition coefficient (Wildman–Crippen LogP) is 20.0. The monoisotopic (exact) mass is 1100 g/mol. The summed E-state index contributed by atoms with van der Waals surface area (Å²) >= 11 is 0. The minimum atomic E-state index is -4.65. The lowest BCUT2D eigenvalue weighted by Gasteiger charge is -2.28. The summed E-state index contributed by atoms with van der Waals surface area (Å²) in [5.41, 5.74) is 0. The van der Waals surface area contributed by atoms with Gasteiger partial charge in [0.05, 0.1) is 27.7 Å². The van der Waals surface area contributed by atoms with Crippen LogP contribution in [0.1, 0.15) is 303 Å². The molecular formula is C67H124NO8P. The lowest BCUT2D eigenvalue weighted by molar-refractivity contribution is -0.870. The SMILES string of the molecule is CC/C=C\C/C=C\C/C=C\C/C=C\C/C=C\CCCC(=O)OC(COC(=O)CCCCCCCCCCCCCCCCCCCCCCCCCCCCCCCCCCCCCC)COP(=O)([O-])OCC[N+](C)(C)C. The van der Waals surface area contributed by atoms with E-state index in [1.807, 2.05) is 27.2 Å². The third-order valence-electron chi connectivity index (χ3n) is 14.3. The highest BCUT2D eigenvalue weighted by Gasteiger charge is 2.22. The summed E-state index contributed by atoms with van der Waals surface area (Å²) in [4.78, 5) is 37.8. The molecule has 0 fully saturated rings. The zero-order chi connectivity index (χ0) is 56.3. The zero-order valence-electron chi connectivity index (χ0n) is 51.2. The third-order valence-corrected chi connectivity index (χ3v) is 15.3. The Morgan fingerprint density at radius 2 is 0.740 bits per heavy atom. The summed E-state index contributed by atoms with van der Waals surface area (Å²) in [6.07, 6.45) is 76.2. The first-order valence-electron chi connectivity index (χ1n) is 32.5. The second-order valence-corrected chi connectivity index (χ2v) is 24.5. The van der Waals surface area contributed by atoms with E-state index in [4.69, 9.17) is 18.5 Å². The van der Waals surface area contributed by atoms with E-state index in [0.717, 1.165) is 51.4 Å². The number of hydrogen-bond donors (Lipinski definition) is 0. The van der Waals surface area contributed by atoms with Crippen molar-refractivity contribution < 1.29 is 42.1 Å². The van der Waals surface area contributed by atoms with Gasteiger partial charge in [-0.25, -0.2) is 0 Å². The van der Waals surface area contributed by atoms with E-state index >= 15 is 0 Å². The molecule has 9 nitrogen and oxygen atoms in total. The molecule has 0 heterocycles. The molecule has 0 aromatic rings. The van der Waals surface area contributed by atoms with E-state index < -0.39 is 32.5 Å². The van der Waals surface area contributed by atoms with Crippen molar-refractivity contribution in [3.63, 3.8) is 0 Å². The summed E-state index contributed by atoms with van der Waals surface area (Å²) in [5, 5.41) is 0. The van der Waals surface area contributed by atoms with Crippen LogP contribution in [-0.2, 0) is 32.7 Å². The zero-order valence-corrected chi connectivity index (χ0v) is 52.1. The minimum absolute atomic E-state index is 0.0424. The van der Waals surface area contributed by atoms with Gasteiger partial charge in [-0.1, -0.05) is 299 Å². The molecule has 2 atom stereocenters. The van der Waals surface area contributed by atoms with Gasteiger partial charge >= 0.3 is 11.9 Å². The van der Waals surface area contributed by atoms with Crippen molar-refractivity contribution in [3.05, 3.63) is 60.8 Å². The van der Waals surface area contributed by atoms with Gasteiger partial charge in [-0.15, -0.1) is 0 Å². The number of phosphoric acid groups is 1. The normalized spacial score (nSPS) is 13.6. The van der Waals surface area contributed by atoms with Gasteiger partial charge in [0.15, 0.2) is 6.10 Å². The molecule has 77 heavy (non-hydrogen) atoms. The molecule has 0 spiro atoms. The van der Waals surface area contributed by atoms with E-state index in [2.05, 4.69) is 68.5 Å². The molecule has 0 N–H and O–H groups in total. The van der Waals surface area contributed by atoms with Crippen LogP contribution in [0.25, 0.3) is 0 Å². The molecule has 0 amide bonds. The fourth-order valence-corrected chi connectivity index (χ4v) is 10.1. The molecule has 0 aliphatic carbocycles. The Morgan fingerprint density at radius 3 is 1.09 bits per heavy atom. The van der Waals surface area contributed by atoms with Gasteiger partial charge in [-0.2, -0.15) is 0 Å². The number of likely N-dealkylation sites (N-methyl/N-ethyl adjacent to an activating group) is 1. The quantitative estimate of drug-likeness (QED) is 0.0195. The number of hydrogen-bond acceptors (Lipinski definition) is 8. The molecule has 0 saturated carbocycles. The molecule has 0 saturated heterocycles. The van der Waals surface area contributed by atoms with Crippen LogP contribution in [0.2, 0.25) is 0 Å². The van der Waals surface area contributed by atoms with Crippen molar-refractivity contribution in [3.8, 4) is 0 Å². The van der Waals surface area contributed by atoms with Gasteiger partial charge in [-0.05, 0) is 51.4 Å². The topological polar surface area (TPSA) is 111 Å². The number of quaternary nitrogens is 1. The van der Waals surface area contributed by atoms with Crippen molar-refractivity contribution in [2.45, 2.75) is 309 Å². The van der Waals surface area contributed by atoms with E-state index in [0.29, 0.717) is 23.9 Å². The Hall–Kier alpha value is -2.29. The standard InChI is InChI=1S/C67H124NO8P/c1-6-8-10-12-14-16-18-20-22-24-25-26-27-28-29-30-31-32-33-34-35-36-37-38-39-40-41-42-44-45-47-49-51-53-55-57-59-66(69)73-63-65(64-75-77(71,72)74-62-61-68(3,4)5)76-67(70)60-58-56-54-52-50-48-46-43-23-21-19-17-15-13-11-9-7-2/h9,11,15,17,21,23,46,48,52,54,65H,6-8,10,12-14,16,18-20,22,24-45,47,49-51,53,55-64H2,1-5H3/b11-9-,17-15-,23-21-,48-46-,54-52-. The number of phosphoric ester groups is 1. The molecule has 450 valence electrons. The van der Waals surface area contributed by atoms with Gasteiger partial charge < -0.3 is 27.9 Å². The number of allylic oxidation sites excluding steroid dienone is 10. The first-order chi connectivity index (χ1) is 37.5. The number of nitrogens with zero attached hydrogens (tertiary/aromatic N) is 1. The Bertz CT molecular complexity index is 1480. The molecular weight excluding hydrogens is 978 g/mol. The van der Waals surface area contributed by atoms with E-state index in [1.54, 1.807) is 0 Å². The van der Waals surface area contributed by atoms with E-state index in [-0.39, 0.29) is 26.1 Å². The first kappa shape index (κ1) is 74.7. The second-order valence-electron chi connectivity index (χ2n) is 23.1. The molecule has 10 heteroatoms. The maximum absolute atomic E-state index is 12.8. The highest BCUT2D eigenvalue weighted by atomic mass is 31.2. The summed E-state index contributed by atoms with van der Waals surface area (Å²) in [6, 6.07) is 0. The van der Waals surface area contributed by atoms with Crippen LogP contribution in [0.4, 0.5) is 0 Å². The molecule has 0 radical (unpaired) electrons. The molecule has 0 aromatic heterocycles. The number of carbonyl (C=O) groups is 2. The first-order valence-corrected chi connectivity index (χ1v) is 34.0. The number of carbonyl (C=O) groups excluding carboxylic acids is 2. The van der Waals surface area contributed by atoms with Crippen LogP contribution >= 0.6 is 7.82 Å². The Labute approximate surface area is 476 Å². The van der Waals surface area contributed by atoms with Crippen LogP contribution < -0.4 is 4.89 Å². The minimum Gasteiger partial charge on any atom is -0.756 e. The largest absolute Gasteiger partial charge is 0.756 e. The average Bonchev–Trinajstić information content (AvgIpc) is 3.39. The average molecular weight is 1100 g/mol. The Balaban J connectivity index is 3.96. The van der Waals surface area contributed by atoms with Crippen molar-refractivity contribution in [2.75, 3.05) is 47.5 Å². The lowest BCUT2D eigenvalue weighted by atomic mass is 10.0. The van der Waals surface area contributed by atoms with Crippen LogP contribution in [0.5, 0.6) is 0 Å². The lowest BCUT2D eigenvalue weighted by Crippen LogP contribution is -2.37. The highest BCUT2D eigenvalue weighted by Crippen LogP contribution is 2.38. The van der Waals surface area contributed by atoms with Gasteiger partial charge in [-0.3, -0.25) is 14.2 Å². The molecule has 0 bridgehead atoms. The van der Waals surface area contributed by atoms with Gasteiger partial charge in [0.1, 0.15) is 19.8 Å². The number of rotatable bonds is 60. The summed E-state index contributed by atoms with van der Waals surface area (Å²) in [5.74, 6) is -0.893. The van der Waals surface area contributed by atoms with Crippen LogP contribution in [0, 0.1) is 0 Å². The predicted molar refractivity (Wildman–Crippen MR) is 328 cm³/mol. The number of esters is 2. The van der Waals surface area contributed by atoms with Gasteiger partial charge in [0.25, 0.3) is 7.82 Å². The van der Waals surface area contributed by atoms with Crippen molar-refractivity contribution >= 4 is 19.8 Å². The fourth-order valence-electron chi connectivity index (χ4n) is 9.34. The Morgan fingerprint density at radius 1 is 0.416 bits per heavy atom. The Kier molecular flexibility index (Phi) is 56.6. The fraction of sp³-hybridized carbons (Fsp3) is 0.821. The summed E-state index contributed by atoms with van der Waals surface area (Å²) in [6.45, 7) is 4.09. The van der Waals surface area contributed by atoms with Crippen molar-refractivity contribution in [1.82, 2.24) is 0 Å². The van der Waals surface area contributed by atoms with Crippen molar-refractivity contribution in [1.29, 1.82) is 0 Å². The van der Waals surface area contributed by atoms with Crippen molar-refractivity contribution in [2.24, 2.45) is 0 Å². The molecule has 0 aliphatic rings. The summed E-state index contributed by atoms with van der Waals surface area (Å²) < 4.78 is 34.1. The smallest absolute Gasteiger partial charge is 0.306 e. The van der Waals surface area contributed by atoms with E-state index in [9.17, 15) is 19.0 Å². The maximum Gasteiger partial charge on any atom is 0.306 e. The molecule has 2 unspecified atom stereocenters. The second kappa shape index (κ2) is 58.4. The van der Waals surface area contributed by atoms with Crippen LogP contribution in [0.15, 0.2) is 60.8 Å². The van der Waals surface area contributed by atoms with Gasteiger partial charge in [0, 0.05) is 12.8 Å². The molecule has 0 rings (SSSR count). The van der Waals surface area contributed by atoms with Gasteiger partial charge in [0.2, 0.25) is 0 Å². The summed E-state index contributed by atoms with van der Waals surface area (Å²) in [7, 11) is 1.13. The third kappa shape index (κ3) is 62.8. The molecule has 0 aromatic carbocycles. The maximum atomic E-state index is 12.8. The number of unbranched alkanes of at least 4 members (excludes halogenated alkanes) is 36. The highest BCUT2D eigenvalue weighted by molar-refractivity contribution is 7.45. The van der Waals surface area contributed by atoms with E-state index in [1.165, 1.54) is 212 Å². The number of ether oxygens (including phenoxy) is 2. The molecule has 0 aliphatic heterocycles. The van der Waals surface area contributed by atoms with Crippen LogP contribution in [0.3, 0.4) is 0 Å².